The first-order chi connectivity index (χ1) is 24.6. The minimum Gasteiger partial charge on any atom is -0.484 e. The molecule has 15 heteroatoms. The molecule has 1 saturated heterocycles. The Morgan fingerprint density at radius 2 is 1.73 bits per heavy atom. The predicted molar refractivity (Wildman–Crippen MR) is 187 cm³/mol. The third kappa shape index (κ3) is 5.60. The zero-order valence-electron chi connectivity index (χ0n) is 27.0. The zero-order valence-corrected chi connectivity index (χ0v) is 28.6. The van der Waals surface area contributed by atoms with Crippen LogP contribution >= 0.6 is 23.1 Å². The molecule has 4 aliphatic rings. The van der Waals surface area contributed by atoms with E-state index in [9.17, 15) is 34.1 Å². The van der Waals surface area contributed by atoms with Crippen LogP contribution in [0.4, 0.5) is 17.1 Å². The van der Waals surface area contributed by atoms with Crippen LogP contribution in [0.2, 0.25) is 0 Å². The summed E-state index contributed by atoms with van der Waals surface area (Å²) < 4.78 is 10.9. The summed E-state index contributed by atoms with van der Waals surface area (Å²) >= 11 is 2.72. The number of anilines is 2. The van der Waals surface area contributed by atoms with Crippen molar-refractivity contribution in [2.75, 3.05) is 23.4 Å². The molecule has 1 aromatic heterocycles. The van der Waals surface area contributed by atoms with Gasteiger partial charge in [-0.25, -0.2) is 4.79 Å². The average Bonchev–Trinajstić information content (AvgIpc) is 3.86. The van der Waals surface area contributed by atoms with Gasteiger partial charge in [0.25, 0.3) is 11.6 Å². The molecule has 3 aromatic carbocycles. The predicted octanol–water partition coefficient (Wildman–Crippen LogP) is 5.22. The van der Waals surface area contributed by atoms with Crippen LogP contribution in [0.15, 0.2) is 82.6 Å². The highest BCUT2D eigenvalue weighted by Gasteiger charge is 2.69. The molecule has 3 fully saturated rings. The number of non-ortho nitro benzene ring substituents is 1. The normalized spacial score (nSPS) is 25.6. The molecule has 260 valence electrons. The number of nitrogens with one attached hydrogen (secondary N) is 2. The number of amides is 3. The molecule has 6 unspecified atom stereocenters. The fourth-order valence-electron chi connectivity index (χ4n) is 8.42. The Morgan fingerprint density at radius 3 is 2.43 bits per heavy atom. The van der Waals surface area contributed by atoms with E-state index in [1.165, 1.54) is 29.2 Å². The molecule has 2 N–H and O–H groups in total. The number of H-pyrrole nitrogens is 1. The molecule has 0 spiro atoms. The second kappa shape index (κ2) is 12.8. The Kier molecular flexibility index (Phi) is 8.26. The van der Waals surface area contributed by atoms with Crippen LogP contribution in [0.1, 0.15) is 40.1 Å². The number of carbonyl (C=O) groups excluding carboxylic acids is 4. The number of aromatic amines is 1. The van der Waals surface area contributed by atoms with E-state index in [1.54, 1.807) is 49.0 Å². The van der Waals surface area contributed by atoms with Crippen LogP contribution in [0.3, 0.4) is 0 Å². The minimum atomic E-state index is -0.534. The van der Waals surface area contributed by atoms with E-state index >= 15 is 0 Å². The third-order valence-electron chi connectivity index (χ3n) is 10.3. The number of ether oxygens (including phenoxy) is 2. The fraction of sp³-hybridized carbons (Fsp3) is 0.306. The van der Waals surface area contributed by atoms with Crippen molar-refractivity contribution in [3.8, 4) is 5.75 Å². The first kappa shape index (κ1) is 32.9. The smallest absolute Gasteiger partial charge is 0.338 e. The molecule has 13 nitrogen and oxygen atoms in total. The summed E-state index contributed by atoms with van der Waals surface area (Å²) in [6.45, 7) is 1.71. The quantitative estimate of drug-likeness (QED) is 0.101. The Morgan fingerprint density at radius 1 is 1.00 bits per heavy atom. The van der Waals surface area contributed by atoms with Gasteiger partial charge in [0.1, 0.15) is 5.75 Å². The lowest BCUT2D eigenvalue weighted by molar-refractivity contribution is -0.384. The van der Waals surface area contributed by atoms with Gasteiger partial charge in [0.15, 0.2) is 6.61 Å². The largest absolute Gasteiger partial charge is 0.484 e. The highest BCUT2D eigenvalue weighted by molar-refractivity contribution is 8.00. The molecular formula is C36H30N4O9S2. The lowest BCUT2D eigenvalue weighted by Crippen LogP contribution is -2.42. The molecule has 2 aliphatic heterocycles. The van der Waals surface area contributed by atoms with Gasteiger partial charge in [-0.2, -0.15) is 0 Å². The summed E-state index contributed by atoms with van der Waals surface area (Å²) in [7, 11) is 0. The fourth-order valence-corrected chi connectivity index (χ4v) is 11.3. The van der Waals surface area contributed by atoms with Gasteiger partial charge in [0.2, 0.25) is 11.8 Å². The van der Waals surface area contributed by atoms with Gasteiger partial charge < -0.3 is 19.8 Å². The van der Waals surface area contributed by atoms with Crippen molar-refractivity contribution < 1.29 is 33.6 Å². The highest BCUT2D eigenvalue weighted by atomic mass is 32.2. The van der Waals surface area contributed by atoms with Crippen molar-refractivity contribution in [1.29, 1.82) is 0 Å². The Bertz CT molecular complexity index is 2150. The topological polar surface area (TPSA) is 178 Å². The first-order valence-corrected chi connectivity index (χ1v) is 18.1. The number of nitrogens with zero attached hydrogens (tertiary/aromatic N) is 2. The maximum absolute atomic E-state index is 14.0. The van der Waals surface area contributed by atoms with E-state index in [1.807, 2.05) is 18.2 Å². The second-order valence-corrected chi connectivity index (χ2v) is 15.2. The summed E-state index contributed by atoms with van der Waals surface area (Å²) in [4.78, 5) is 80.8. The van der Waals surface area contributed by atoms with E-state index < -0.39 is 28.6 Å². The Labute approximate surface area is 298 Å². The SMILES string of the molecule is CCOC(=O)c1ccc(NC(=O)COc2cccc([C@H]3c4sc(=O)[nH]c4SC4C5CC(C6C(=O)N(c7ccc([N+](=O)[O-])cc7)C(=O)C56)C43)c2)cc1. The molecular weight excluding hydrogens is 697 g/mol. The van der Waals surface area contributed by atoms with Crippen LogP contribution in [0.5, 0.6) is 5.75 Å². The molecule has 3 heterocycles. The maximum Gasteiger partial charge on any atom is 0.338 e. The maximum atomic E-state index is 14.0. The van der Waals surface area contributed by atoms with Crippen molar-refractivity contribution in [3.05, 3.63) is 109 Å². The van der Waals surface area contributed by atoms with E-state index in [4.69, 9.17) is 9.47 Å². The van der Waals surface area contributed by atoms with E-state index in [-0.39, 0.29) is 64.5 Å². The number of thiazole rings is 1. The Balaban J connectivity index is 1.03. The number of esters is 1. The monoisotopic (exact) mass is 726 g/mol. The van der Waals surface area contributed by atoms with Crippen molar-refractivity contribution in [2.24, 2.45) is 29.6 Å². The van der Waals surface area contributed by atoms with Gasteiger partial charge in [-0.1, -0.05) is 23.5 Å². The van der Waals surface area contributed by atoms with E-state index in [0.29, 0.717) is 29.1 Å². The number of hydrogen-bond acceptors (Lipinski definition) is 11. The summed E-state index contributed by atoms with van der Waals surface area (Å²) in [5.74, 6) is -2.53. The van der Waals surface area contributed by atoms with Gasteiger partial charge in [0.05, 0.1) is 39.6 Å². The van der Waals surface area contributed by atoms with Gasteiger partial charge in [-0.05, 0) is 85.2 Å². The summed E-state index contributed by atoms with van der Waals surface area (Å²) in [6.07, 6.45) is 0.704. The first-order valence-electron chi connectivity index (χ1n) is 16.4. The molecule has 4 aromatic rings. The molecule has 8 rings (SSSR count). The van der Waals surface area contributed by atoms with Gasteiger partial charge in [0, 0.05) is 33.9 Å². The van der Waals surface area contributed by atoms with E-state index in [2.05, 4.69) is 10.3 Å². The highest BCUT2D eigenvalue weighted by Crippen LogP contribution is 2.68. The standard InChI is InChI=1S/C36H30N4O9S2/c1-2-48-35(44)17-6-8-19(9-7-17)37-25(41)16-49-22-5-3-4-18(14-22)26-27-23-15-24(30(27)50-32-31(26)51-36(45)38-32)29-28(23)33(42)39(34(29)43)20-10-12-21(13-11-20)40(46)47/h3-14,23-24,26-30H,2,15-16H2,1H3,(H,37,41)(H,38,45)/t23?,24?,26-,27?,28?,29?,30?/m1/s1. The van der Waals surface area contributed by atoms with Gasteiger partial charge in [-0.3, -0.25) is 34.2 Å². The summed E-state index contributed by atoms with van der Waals surface area (Å²) in [6, 6.07) is 19.2. The summed E-state index contributed by atoms with van der Waals surface area (Å²) in [5.41, 5.74) is 1.94. The van der Waals surface area contributed by atoms with Crippen LogP contribution < -0.4 is 19.8 Å². The lowest BCUT2D eigenvalue weighted by atomic mass is 9.68. The van der Waals surface area contributed by atoms with Crippen LogP contribution in [0, 0.1) is 39.7 Å². The molecule has 51 heavy (non-hydrogen) atoms. The number of fused-ring (bicyclic) bond motifs is 9. The van der Waals surface area contributed by atoms with Gasteiger partial charge >= 0.3 is 10.8 Å². The number of hydrogen-bond donors (Lipinski definition) is 2. The van der Waals surface area contributed by atoms with Crippen LogP contribution in [0.25, 0.3) is 0 Å². The number of rotatable bonds is 9. The molecule has 2 saturated carbocycles. The average molecular weight is 727 g/mol. The number of thioether (sulfide) groups is 1. The zero-order chi connectivity index (χ0) is 35.6. The Hall–Kier alpha value is -5.28. The number of imide groups is 1. The molecule has 3 amide bonds. The van der Waals surface area contributed by atoms with E-state index in [0.717, 1.165) is 26.8 Å². The van der Waals surface area contributed by atoms with Crippen molar-refractivity contribution in [3.63, 3.8) is 0 Å². The number of carbonyl (C=O) groups is 4. The second-order valence-electron chi connectivity index (χ2n) is 13.0. The van der Waals surface area contributed by atoms with Crippen LogP contribution in [-0.2, 0) is 19.1 Å². The number of benzene rings is 3. The summed E-state index contributed by atoms with van der Waals surface area (Å²) in [5, 5.41) is 14.7. The molecule has 2 bridgehead atoms. The van der Waals surface area contributed by atoms with Crippen molar-refractivity contribution in [2.45, 2.75) is 29.5 Å². The third-order valence-corrected chi connectivity index (χ3v) is 12.9. The molecule has 0 radical (unpaired) electrons. The van der Waals surface area contributed by atoms with Crippen molar-refractivity contribution >= 4 is 63.9 Å². The molecule has 7 atom stereocenters. The minimum absolute atomic E-state index is 0.0295. The van der Waals surface area contributed by atoms with Crippen LogP contribution in [-0.4, -0.2) is 52.1 Å². The molecule has 2 aliphatic carbocycles. The van der Waals surface area contributed by atoms with Gasteiger partial charge in [-0.15, -0.1) is 11.8 Å². The van der Waals surface area contributed by atoms with Crippen molar-refractivity contribution in [1.82, 2.24) is 4.98 Å². The number of aromatic nitrogens is 1. The number of nitro benzene ring substituents is 1. The lowest BCUT2D eigenvalue weighted by Gasteiger charge is -2.43. The number of nitro groups is 1.